The molecule has 1 heterocycles. The van der Waals surface area contributed by atoms with Gasteiger partial charge in [-0.25, -0.2) is 4.39 Å². The fraction of sp³-hybridized carbons (Fsp3) is 0.333. The predicted molar refractivity (Wildman–Crippen MR) is 73.3 cm³/mol. The Morgan fingerprint density at radius 1 is 1.50 bits per heavy atom. The maximum absolute atomic E-state index is 13.7. The molecule has 96 valence electrons. The number of hydrogen-bond donors (Lipinski definition) is 2. The maximum Gasteiger partial charge on any atom is 0.227 e. The molecule has 0 atom stereocenters. The highest BCUT2D eigenvalue weighted by Gasteiger charge is 2.24. The van der Waals surface area contributed by atoms with Crippen molar-refractivity contribution in [2.75, 3.05) is 23.8 Å². The number of carbonyl (C=O) groups excluding carboxylic acids is 1. The molecule has 1 aromatic rings. The summed E-state index contributed by atoms with van der Waals surface area (Å²) in [6, 6.07) is 4.52. The van der Waals surface area contributed by atoms with Gasteiger partial charge in [0.25, 0.3) is 0 Å². The van der Waals surface area contributed by atoms with Gasteiger partial charge in [-0.05, 0) is 36.8 Å². The second-order valence-electron chi connectivity index (χ2n) is 4.02. The van der Waals surface area contributed by atoms with Gasteiger partial charge in [0.1, 0.15) is 5.82 Å². The standard InChI is InChI=1S/C12H14FN3OS/c1-14-12(18)15-8-4-5-9(13)10(7-8)16-6-2-3-11(16)17/h4-5,7H,2-3,6H2,1H3,(H2,14,15,18). The first-order chi connectivity index (χ1) is 8.61. The third-order valence-electron chi connectivity index (χ3n) is 2.80. The molecule has 1 amide bonds. The van der Waals surface area contributed by atoms with Crippen LogP contribution >= 0.6 is 12.2 Å². The van der Waals surface area contributed by atoms with Gasteiger partial charge in [-0.15, -0.1) is 0 Å². The minimum absolute atomic E-state index is 0.0396. The molecule has 1 aromatic carbocycles. The highest BCUT2D eigenvalue weighted by atomic mass is 32.1. The Morgan fingerprint density at radius 2 is 2.28 bits per heavy atom. The first-order valence-electron chi connectivity index (χ1n) is 5.70. The number of nitrogens with zero attached hydrogens (tertiary/aromatic N) is 1. The molecule has 18 heavy (non-hydrogen) atoms. The normalized spacial score (nSPS) is 14.8. The number of benzene rings is 1. The van der Waals surface area contributed by atoms with Crippen LogP contribution in [0.5, 0.6) is 0 Å². The Kier molecular flexibility index (Phi) is 3.76. The average Bonchev–Trinajstić information content (AvgIpc) is 2.77. The third-order valence-corrected chi connectivity index (χ3v) is 3.10. The molecule has 1 fully saturated rings. The summed E-state index contributed by atoms with van der Waals surface area (Å²) >= 11 is 4.97. The number of halogens is 1. The molecule has 2 N–H and O–H groups in total. The van der Waals surface area contributed by atoms with Gasteiger partial charge in [0.15, 0.2) is 5.11 Å². The predicted octanol–water partition coefficient (Wildman–Crippen LogP) is 1.87. The highest BCUT2D eigenvalue weighted by molar-refractivity contribution is 7.80. The molecule has 0 aliphatic carbocycles. The quantitative estimate of drug-likeness (QED) is 0.803. The molecular weight excluding hydrogens is 253 g/mol. The van der Waals surface area contributed by atoms with Crippen LogP contribution in [-0.2, 0) is 4.79 Å². The minimum atomic E-state index is -0.397. The number of amides is 1. The van der Waals surface area contributed by atoms with Crippen LogP contribution in [0.1, 0.15) is 12.8 Å². The van der Waals surface area contributed by atoms with E-state index in [9.17, 15) is 9.18 Å². The number of carbonyl (C=O) groups is 1. The second kappa shape index (κ2) is 5.30. The van der Waals surface area contributed by atoms with Gasteiger partial charge in [0, 0.05) is 25.7 Å². The number of rotatable bonds is 2. The van der Waals surface area contributed by atoms with E-state index in [-0.39, 0.29) is 5.91 Å². The van der Waals surface area contributed by atoms with Gasteiger partial charge in [-0.3, -0.25) is 4.79 Å². The lowest BCUT2D eigenvalue weighted by Crippen LogP contribution is -2.26. The van der Waals surface area contributed by atoms with Crippen LogP contribution in [0.15, 0.2) is 18.2 Å². The minimum Gasteiger partial charge on any atom is -0.366 e. The molecule has 0 saturated carbocycles. The summed E-state index contributed by atoms with van der Waals surface area (Å²) in [5, 5.41) is 6.13. The van der Waals surface area contributed by atoms with E-state index >= 15 is 0 Å². The van der Waals surface area contributed by atoms with Crippen molar-refractivity contribution in [3.05, 3.63) is 24.0 Å². The Labute approximate surface area is 110 Å². The maximum atomic E-state index is 13.7. The van der Waals surface area contributed by atoms with E-state index in [0.717, 1.165) is 6.42 Å². The topological polar surface area (TPSA) is 44.4 Å². The molecular formula is C12H14FN3OS. The van der Waals surface area contributed by atoms with Crippen LogP contribution in [0.25, 0.3) is 0 Å². The molecule has 1 aliphatic heterocycles. The Morgan fingerprint density at radius 3 is 2.89 bits per heavy atom. The summed E-state index contributed by atoms with van der Waals surface area (Å²) < 4.78 is 13.7. The largest absolute Gasteiger partial charge is 0.366 e. The molecule has 2 rings (SSSR count). The molecule has 0 aromatic heterocycles. The van der Waals surface area contributed by atoms with Gasteiger partial charge in [0.2, 0.25) is 5.91 Å². The van der Waals surface area contributed by atoms with Crippen LogP contribution in [0, 0.1) is 5.82 Å². The summed E-state index contributed by atoms with van der Waals surface area (Å²) in [6.07, 6.45) is 1.25. The number of hydrogen-bond acceptors (Lipinski definition) is 2. The molecule has 6 heteroatoms. The summed E-state index contributed by atoms with van der Waals surface area (Å²) in [6.45, 7) is 0.565. The van der Waals surface area contributed by atoms with Gasteiger partial charge in [-0.2, -0.15) is 0 Å². The van der Waals surface area contributed by atoms with Crippen LogP contribution in [0.2, 0.25) is 0 Å². The van der Waals surface area contributed by atoms with Crippen molar-refractivity contribution in [3.63, 3.8) is 0 Å². The smallest absolute Gasteiger partial charge is 0.227 e. The zero-order valence-electron chi connectivity index (χ0n) is 10.00. The van der Waals surface area contributed by atoms with Gasteiger partial charge in [0.05, 0.1) is 5.69 Å². The van der Waals surface area contributed by atoms with Crippen molar-refractivity contribution in [1.82, 2.24) is 5.32 Å². The SMILES string of the molecule is CNC(=S)Nc1ccc(F)c(N2CCCC2=O)c1. The van der Waals surface area contributed by atoms with Crippen molar-refractivity contribution in [3.8, 4) is 0 Å². The summed E-state index contributed by atoms with van der Waals surface area (Å²) in [5.74, 6) is -0.437. The van der Waals surface area contributed by atoms with Crippen LogP contribution in [0.3, 0.4) is 0 Å². The summed E-state index contributed by atoms with van der Waals surface area (Å²) in [5.41, 5.74) is 0.965. The van der Waals surface area contributed by atoms with E-state index in [0.29, 0.717) is 29.5 Å². The van der Waals surface area contributed by atoms with E-state index in [2.05, 4.69) is 10.6 Å². The number of thiocarbonyl (C=S) groups is 1. The zero-order chi connectivity index (χ0) is 13.1. The summed E-state index contributed by atoms with van der Waals surface area (Å²) in [7, 11) is 1.70. The molecule has 1 aliphatic rings. The van der Waals surface area contributed by atoms with Crippen molar-refractivity contribution in [1.29, 1.82) is 0 Å². The van der Waals surface area contributed by atoms with E-state index in [4.69, 9.17) is 12.2 Å². The Hall–Kier alpha value is -1.69. The Balaban J connectivity index is 2.26. The first kappa shape index (κ1) is 12.8. The number of nitrogens with one attached hydrogen (secondary N) is 2. The molecule has 4 nitrogen and oxygen atoms in total. The fourth-order valence-electron chi connectivity index (χ4n) is 1.89. The van der Waals surface area contributed by atoms with Crippen molar-refractivity contribution < 1.29 is 9.18 Å². The summed E-state index contributed by atoms with van der Waals surface area (Å²) in [4.78, 5) is 13.1. The lowest BCUT2D eigenvalue weighted by atomic mass is 10.2. The number of anilines is 2. The van der Waals surface area contributed by atoms with Crippen LogP contribution in [-0.4, -0.2) is 24.6 Å². The average molecular weight is 267 g/mol. The van der Waals surface area contributed by atoms with E-state index in [1.807, 2.05) is 0 Å². The van der Waals surface area contributed by atoms with Gasteiger partial charge in [-0.1, -0.05) is 0 Å². The molecule has 1 saturated heterocycles. The molecule has 0 unspecified atom stereocenters. The highest BCUT2D eigenvalue weighted by Crippen LogP contribution is 2.27. The second-order valence-corrected chi connectivity index (χ2v) is 4.43. The molecule has 0 radical (unpaired) electrons. The van der Waals surface area contributed by atoms with Crippen LogP contribution < -0.4 is 15.5 Å². The lowest BCUT2D eigenvalue weighted by molar-refractivity contribution is -0.117. The van der Waals surface area contributed by atoms with E-state index in [1.165, 1.54) is 11.0 Å². The molecule has 0 bridgehead atoms. The van der Waals surface area contributed by atoms with E-state index < -0.39 is 5.82 Å². The fourth-order valence-corrected chi connectivity index (χ4v) is 2.01. The first-order valence-corrected chi connectivity index (χ1v) is 6.11. The van der Waals surface area contributed by atoms with E-state index in [1.54, 1.807) is 19.2 Å². The zero-order valence-corrected chi connectivity index (χ0v) is 10.8. The van der Waals surface area contributed by atoms with Gasteiger partial charge < -0.3 is 15.5 Å². The van der Waals surface area contributed by atoms with Gasteiger partial charge >= 0.3 is 0 Å². The monoisotopic (exact) mass is 267 g/mol. The van der Waals surface area contributed by atoms with Crippen molar-refractivity contribution in [2.24, 2.45) is 0 Å². The van der Waals surface area contributed by atoms with Crippen molar-refractivity contribution in [2.45, 2.75) is 12.8 Å². The van der Waals surface area contributed by atoms with Crippen LogP contribution in [0.4, 0.5) is 15.8 Å². The molecule has 0 spiro atoms. The lowest BCUT2D eigenvalue weighted by Gasteiger charge is -2.18. The Bertz CT molecular complexity index is 492. The van der Waals surface area contributed by atoms with Crippen molar-refractivity contribution >= 4 is 34.6 Å². The third kappa shape index (κ3) is 2.59.